The first-order chi connectivity index (χ1) is 12.8. The summed E-state index contributed by atoms with van der Waals surface area (Å²) in [5.41, 5.74) is 5.89. The van der Waals surface area contributed by atoms with E-state index in [4.69, 9.17) is 16.3 Å². The first kappa shape index (κ1) is 16.9. The van der Waals surface area contributed by atoms with Crippen molar-refractivity contribution in [1.29, 1.82) is 0 Å². The summed E-state index contributed by atoms with van der Waals surface area (Å²) in [6.07, 6.45) is 5.04. The summed E-state index contributed by atoms with van der Waals surface area (Å²) in [6, 6.07) is 22.2. The van der Waals surface area contributed by atoms with Crippen molar-refractivity contribution in [2.24, 2.45) is 0 Å². The molecule has 0 fully saturated rings. The van der Waals surface area contributed by atoms with Crippen LogP contribution < -0.4 is 4.74 Å². The van der Waals surface area contributed by atoms with Gasteiger partial charge in [-0.3, -0.25) is 4.98 Å². The lowest BCUT2D eigenvalue weighted by atomic mass is 9.99. The zero-order valence-electron chi connectivity index (χ0n) is 14.5. The van der Waals surface area contributed by atoms with Crippen molar-refractivity contribution < 1.29 is 4.74 Å². The van der Waals surface area contributed by atoms with Crippen LogP contribution in [0.3, 0.4) is 0 Å². The summed E-state index contributed by atoms with van der Waals surface area (Å²) < 4.78 is 6.16. The normalized spacial score (nSPS) is 13.9. The summed E-state index contributed by atoms with van der Waals surface area (Å²) in [6.45, 7) is 0.543. The Labute approximate surface area is 159 Å². The summed E-state index contributed by atoms with van der Waals surface area (Å²) in [4.78, 5) is 4.55. The van der Waals surface area contributed by atoms with E-state index in [0.717, 1.165) is 46.9 Å². The van der Waals surface area contributed by atoms with Gasteiger partial charge < -0.3 is 4.74 Å². The van der Waals surface area contributed by atoms with Gasteiger partial charge in [-0.25, -0.2) is 0 Å². The second-order valence-electron chi connectivity index (χ2n) is 6.44. The minimum atomic E-state index is 0.543. The number of nitrogens with zero attached hydrogens (tertiary/aromatic N) is 1. The Hall–Kier alpha value is -2.58. The summed E-state index contributed by atoms with van der Waals surface area (Å²) in [5, 5.41) is 0.729. The molecule has 26 heavy (non-hydrogen) atoms. The first-order valence-electron chi connectivity index (χ1n) is 8.91. The van der Waals surface area contributed by atoms with Crippen LogP contribution >= 0.6 is 11.6 Å². The van der Waals surface area contributed by atoms with E-state index in [1.165, 1.54) is 11.1 Å². The van der Waals surface area contributed by atoms with Crippen molar-refractivity contribution in [1.82, 2.24) is 4.98 Å². The van der Waals surface area contributed by atoms with Crippen LogP contribution in [0.4, 0.5) is 0 Å². The van der Waals surface area contributed by atoms with Crippen LogP contribution in [0.15, 0.2) is 72.9 Å². The highest BCUT2D eigenvalue weighted by atomic mass is 35.5. The number of benzene rings is 2. The third-order valence-corrected chi connectivity index (χ3v) is 4.93. The van der Waals surface area contributed by atoms with Crippen LogP contribution in [0.2, 0.25) is 5.02 Å². The van der Waals surface area contributed by atoms with Gasteiger partial charge in [-0.15, -0.1) is 0 Å². The van der Waals surface area contributed by atoms with Crippen molar-refractivity contribution in [3.63, 3.8) is 0 Å². The molecule has 2 aromatic carbocycles. The Morgan fingerprint density at radius 3 is 2.50 bits per heavy atom. The minimum absolute atomic E-state index is 0.543. The molecule has 0 aliphatic heterocycles. The maximum atomic E-state index is 6.31. The summed E-state index contributed by atoms with van der Waals surface area (Å²) in [5.74, 6) is 0.878. The molecule has 2 nitrogen and oxygen atoms in total. The van der Waals surface area contributed by atoms with Crippen molar-refractivity contribution in [3.8, 4) is 5.75 Å². The van der Waals surface area contributed by atoms with Crippen LogP contribution in [0.25, 0.3) is 11.1 Å². The van der Waals surface area contributed by atoms with E-state index in [1.54, 1.807) is 0 Å². The molecule has 0 atom stereocenters. The average Bonchev–Trinajstić information content (AvgIpc) is 3.18. The quantitative estimate of drug-likeness (QED) is 0.524. The fourth-order valence-corrected chi connectivity index (χ4v) is 3.64. The standard InChI is InChI=1S/C23H20ClNO/c24-18-12-13-23(26-16-17-7-2-1-3-8-17)21(15-18)19-9-6-10-20(19)22-11-4-5-14-25-22/h1-5,7-8,11-15H,6,9-10,16H2. The highest BCUT2D eigenvalue weighted by molar-refractivity contribution is 6.30. The van der Waals surface area contributed by atoms with Gasteiger partial charge in [0.1, 0.15) is 12.4 Å². The Balaban J connectivity index is 1.70. The molecule has 1 aliphatic carbocycles. The van der Waals surface area contributed by atoms with Crippen molar-refractivity contribution >= 4 is 22.7 Å². The molecule has 0 amide bonds. The number of rotatable bonds is 5. The molecule has 1 aromatic heterocycles. The largest absolute Gasteiger partial charge is 0.488 e. The second-order valence-corrected chi connectivity index (χ2v) is 6.88. The molecular formula is C23H20ClNO. The van der Waals surface area contributed by atoms with Crippen LogP contribution in [-0.2, 0) is 6.61 Å². The molecule has 0 saturated heterocycles. The van der Waals surface area contributed by atoms with Gasteiger partial charge >= 0.3 is 0 Å². The fourth-order valence-electron chi connectivity index (χ4n) is 3.46. The molecule has 0 saturated carbocycles. The van der Waals surface area contributed by atoms with Crippen LogP contribution in [-0.4, -0.2) is 4.98 Å². The van der Waals surface area contributed by atoms with E-state index in [9.17, 15) is 0 Å². The Morgan fingerprint density at radius 1 is 0.885 bits per heavy atom. The lowest BCUT2D eigenvalue weighted by Crippen LogP contribution is -1.99. The molecule has 130 valence electrons. The molecule has 0 N–H and O–H groups in total. The molecule has 1 heterocycles. The minimum Gasteiger partial charge on any atom is -0.488 e. The lowest BCUT2D eigenvalue weighted by molar-refractivity contribution is 0.305. The maximum absolute atomic E-state index is 6.31. The molecule has 4 rings (SSSR count). The van der Waals surface area contributed by atoms with Crippen LogP contribution in [0.5, 0.6) is 5.75 Å². The van der Waals surface area contributed by atoms with Gasteiger partial charge in [-0.1, -0.05) is 48.0 Å². The number of allylic oxidation sites excluding steroid dienone is 2. The molecule has 0 spiro atoms. The molecule has 1 aliphatic rings. The van der Waals surface area contributed by atoms with Gasteiger partial charge in [0.15, 0.2) is 0 Å². The second kappa shape index (κ2) is 7.76. The molecule has 0 unspecified atom stereocenters. The molecule has 3 heteroatoms. The Kier molecular flexibility index (Phi) is 5.03. The predicted octanol–water partition coefficient (Wildman–Crippen LogP) is 6.41. The highest BCUT2D eigenvalue weighted by Crippen LogP contribution is 2.43. The Bertz CT molecular complexity index is 919. The third-order valence-electron chi connectivity index (χ3n) is 4.70. The van der Waals surface area contributed by atoms with Crippen molar-refractivity contribution in [2.75, 3.05) is 0 Å². The lowest BCUT2D eigenvalue weighted by Gasteiger charge is -2.15. The van der Waals surface area contributed by atoms with Gasteiger partial charge in [0.05, 0.1) is 5.69 Å². The average molecular weight is 362 g/mol. The topological polar surface area (TPSA) is 22.1 Å². The number of aromatic nitrogens is 1. The zero-order valence-corrected chi connectivity index (χ0v) is 15.2. The third kappa shape index (κ3) is 3.66. The zero-order chi connectivity index (χ0) is 17.8. The summed E-state index contributed by atoms with van der Waals surface area (Å²) in [7, 11) is 0. The van der Waals surface area contributed by atoms with Crippen molar-refractivity contribution in [2.45, 2.75) is 25.9 Å². The molecular weight excluding hydrogens is 342 g/mol. The van der Waals surface area contributed by atoms with E-state index >= 15 is 0 Å². The van der Waals surface area contributed by atoms with E-state index in [-0.39, 0.29) is 0 Å². The first-order valence-corrected chi connectivity index (χ1v) is 9.29. The Morgan fingerprint density at radius 2 is 1.69 bits per heavy atom. The molecule has 0 radical (unpaired) electrons. The van der Waals surface area contributed by atoms with Gasteiger partial charge in [-0.2, -0.15) is 0 Å². The fraction of sp³-hybridized carbons (Fsp3) is 0.174. The van der Waals surface area contributed by atoms with Crippen LogP contribution in [0.1, 0.15) is 36.1 Å². The summed E-state index contributed by atoms with van der Waals surface area (Å²) >= 11 is 6.31. The van der Waals surface area contributed by atoms with Crippen LogP contribution in [0, 0.1) is 0 Å². The van der Waals surface area contributed by atoms with Crippen molar-refractivity contribution in [3.05, 3.63) is 94.8 Å². The van der Waals surface area contributed by atoms with E-state index in [0.29, 0.717) is 6.61 Å². The maximum Gasteiger partial charge on any atom is 0.127 e. The number of hydrogen-bond donors (Lipinski definition) is 0. The van der Waals surface area contributed by atoms with Gasteiger partial charge in [0, 0.05) is 16.8 Å². The monoisotopic (exact) mass is 361 g/mol. The number of ether oxygens (including phenoxy) is 1. The highest BCUT2D eigenvalue weighted by Gasteiger charge is 2.21. The number of hydrogen-bond acceptors (Lipinski definition) is 2. The number of pyridine rings is 1. The van der Waals surface area contributed by atoms with E-state index < -0.39 is 0 Å². The number of halogens is 1. The molecule has 0 bridgehead atoms. The van der Waals surface area contributed by atoms with Gasteiger partial charge in [-0.05, 0) is 66.3 Å². The van der Waals surface area contributed by atoms with Gasteiger partial charge in [0.2, 0.25) is 0 Å². The SMILES string of the molecule is Clc1ccc(OCc2ccccc2)c(C2=C(c3ccccn3)CCC2)c1. The van der Waals surface area contributed by atoms with E-state index in [2.05, 4.69) is 23.2 Å². The van der Waals surface area contributed by atoms with E-state index in [1.807, 2.05) is 54.7 Å². The van der Waals surface area contributed by atoms with Gasteiger partial charge in [0.25, 0.3) is 0 Å². The molecule has 3 aromatic rings. The smallest absolute Gasteiger partial charge is 0.127 e. The predicted molar refractivity (Wildman–Crippen MR) is 107 cm³/mol.